The second-order valence-electron chi connectivity index (χ2n) is 7.13. The lowest BCUT2D eigenvalue weighted by atomic mass is 10.0. The number of hydrogen-bond donors (Lipinski definition) is 0. The van der Waals surface area contributed by atoms with Crippen molar-refractivity contribution in [1.29, 1.82) is 5.26 Å². The number of benzene rings is 2. The summed E-state index contributed by atoms with van der Waals surface area (Å²) in [4.78, 5) is 12.3. The van der Waals surface area contributed by atoms with E-state index in [9.17, 15) is 9.18 Å². The van der Waals surface area contributed by atoms with E-state index in [2.05, 4.69) is 6.92 Å². The Labute approximate surface area is 170 Å². The molecule has 2 aromatic rings. The minimum absolute atomic E-state index is 0.0450. The van der Waals surface area contributed by atoms with Gasteiger partial charge in [-0.3, -0.25) is 0 Å². The zero-order valence-corrected chi connectivity index (χ0v) is 16.4. The molecule has 2 aromatic carbocycles. The fourth-order valence-corrected chi connectivity index (χ4v) is 3.18. The van der Waals surface area contributed by atoms with Gasteiger partial charge >= 0.3 is 5.97 Å². The molecule has 1 aliphatic heterocycles. The fraction of sp³-hybridized carbons (Fsp3) is 0.391. The number of nitriles is 1. The van der Waals surface area contributed by atoms with Crippen LogP contribution in [0, 0.1) is 23.1 Å². The van der Waals surface area contributed by atoms with E-state index in [1.54, 1.807) is 30.3 Å². The molecule has 0 saturated carbocycles. The molecule has 0 aromatic heterocycles. The Morgan fingerprint density at radius 1 is 1.17 bits per heavy atom. The zero-order valence-electron chi connectivity index (χ0n) is 16.4. The molecular formula is C23H24FNO4. The highest BCUT2D eigenvalue weighted by atomic mass is 19.1. The van der Waals surface area contributed by atoms with Crippen LogP contribution in [0.15, 0.2) is 42.5 Å². The number of carbonyl (C=O) groups is 1. The molecule has 1 saturated heterocycles. The van der Waals surface area contributed by atoms with Gasteiger partial charge in [0.05, 0.1) is 24.3 Å². The van der Waals surface area contributed by atoms with Crippen molar-refractivity contribution in [3.8, 4) is 11.8 Å². The number of ether oxygens (including phenoxy) is 3. The smallest absolute Gasteiger partial charge is 0.343 e. The zero-order chi connectivity index (χ0) is 20.6. The monoisotopic (exact) mass is 397 g/mol. The van der Waals surface area contributed by atoms with Crippen LogP contribution in [0.1, 0.15) is 60.4 Å². The Morgan fingerprint density at radius 3 is 2.52 bits per heavy atom. The van der Waals surface area contributed by atoms with Crippen LogP contribution in [-0.4, -0.2) is 19.2 Å². The van der Waals surface area contributed by atoms with Gasteiger partial charge in [0.2, 0.25) is 0 Å². The van der Waals surface area contributed by atoms with Crippen molar-refractivity contribution in [3.05, 3.63) is 65.0 Å². The lowest BCUT2D eigenvalue weighted by Crippen LogP contribution is -2.27. The third kappa shape index (κ3) is 5.63. The van der Waals surface area contributed by atoms with Gasteiger partial charge in [0.15, 0.2) is 6.29 Å². The standard InChI is InChI=1S/C23H24FNO4/c1-2-3-4-5-16-14-27-23(28-15-16)18-8-6-17(7-9-18)22(26)29-20-11-10-19(13-25)21(24)12-20/h6-12,16,23H,2-5,14-15H2,1H3/t16-,23-. The van der Waals surface area contributed by atoms with Gasteiger partial charge in [-0.2, -0.15) is 5.26 Å². The van der Waals surface area contributed by atoms with E-state index in [0.29, 0.717) is 24.7 Å². The first-order valence-corrected chi connectivity index (χ1v) is 9.85. The number of halogens is 1. The van der Waals surface area contributed by atoms with E-state index < -0.39 is 18.1 Å². The van der Waals surface area contributed by atoms with Crippen LogP contribution < -0.4 is 4.74 Å². The maximum absolute atomic E-state index is 13.6. The molecule has 0 unspecified atom stereocenters. The predicted octanol–water partition coefficient (Wildman–Crippen LogP) is 5.16. The summed E-state index contributed by atoms with van der Waals surface area (Å²) in [5.74, 6) is -0.863. The maximum Gasteiger partial charge on any atom is 0.343 e. The second kappa shape index (κ2) is 10.1. The third-order valence-corrected chi connectivity index (χ3v) is 4.87. The SMILES string of the molecule is CCCCC[C@H]1CO[C@H](c2ccc(C(=O)Oc3ccc(C#N)c(F)c3)cc2)OC1. The molecule has 0 spiro atoms. The molecule has 3 rings (SSSR count). The fourth-order valence-electron chi connectivity index (χ4n) is 3.18. The highest BCUT2D eigenvalue weighted by Crippen LogP contribution is 2.27. The number of rotatable bonds is 7. The summed E-state index contributed by atoms with van der Waals surface area (Å²) in [7, 11) is 0. The van der Waals surface area contributed by atoms with Crippen molar-refractivity contribution >= 4 is 5.97 Å². The molecule has 5 nitrogen and oxygen atoms in total. The van der Waals surface area contributed by atoms with Gasteiger partial charge in [-0.05, 0) is 30.7 Å². The molecule has 0 bridgehead atoms. The first-order valence-electron chi connectivity index (χ1n) is 9.85. The summed E-state index contributed by atoms with van der Waals surface area (Å²) < 4.78 is 30.5. The molecule has 29 heavy (non-hydrogen) atoms. The molecule has 1 heterocycles. The molecule has 0 aliphatic carbocycles. The minimum Gasteiger partial charge on any atom is -0.423 e. The largest absolute Gasteiger partial charge is 0.423 e. The summed E-state index contributed by atoms with van der Waals surface area (Å²) in [6.45, 7) is 3.52. The lowest BCUT2D eigenvalue weighted by Gasteiger charge is -2.29. The topological polar surface area (TPSA) is 68.5 Å². The second-order valence-corrected chi connectivity index (χ2v) is 7.13. The number of unbranched alkanes of at least 4 members (excludes halogenated alkanes) is 2. The number of nitrogens with zero attached hydrogens (tertiary/aromatic N) is 1. The van der Waals surface area contributed by atoms with Crippen LogP contribution in [0.2, 0.25) is 0 Å². The maximum atomic E-state index is 13.6. The molecule has 152 valence electrons. The summed E-state index contributed by atoms with van der Waals surface area (Å²) in [5.41, 5.74) is 1.05. The molecule has 0 N–H and O–H groups in total. The average Bonchev–Trinajstić information content (AvgIpc) is 2.75. The summed E-state index contributed by atoms with van der Waals surface area (Å²) in [5, 5.41) is 8.75. The Morgan fingerprint density at radius 2 is 1.90 bits per heavy atom. The minimum atomic E-state index is -0.729. The van der Waals surface area contributed by atoms with Crippen LogP contribution in [0.25, 0.3) is 0 Å². The Balaban J connectivity index is 1.54. The van der Waals surface area contributed by atoms with Gasteiger partial charge in [0.25, 0.3) is 0 Å². The summed E-state index contributed by atoms with van der Waals surface area (Å²) >= 11 is 0. The van der Waals surface area contributed by atoms with Crippen LogP contribution in [0.4, 0.5) is 4.39 Å². The van der Waals surface area contributed by atoms with Gasteiger partial charge in [0.1, 0.15) is 17.6 Å². The van der Waals surface area contributed by atoms with Gasteiger partial charge in [-0.1, -0.05) is 38.3 Å². The summed E-state index contributed by atoms with van der Waals surface area (Å²) in [6.07, 6.45) is 4.30. The van der Waals surface area contributed by atoms with Crippen LogP contribution in [0.3, 0.4) is 0 Å². The highest BCUT2D eigenvalue weighted by molar-refractivity contribution is 5.91. The van der Waals surface area contributed by atoms with E-state index in [1.807, 2.05) is 0 Å². The van der Waals surface area contributed by atoms with Crippen molar-refractivity contribution in [2.24, 2.45) is 5.92 Å². The number of esters is 1. The lowest BCUT2D eigenvalue weighted by molar-refractivity contribution is -0.206. The molecule has 1 fully saturated rings. The number of hydrogen-bond acceptors (Lipinski definition) is 5. The van der Waals surface area contributed by atoms with Crippen molar-refractivity contribution in [2.75, 3.05) is 13.2 Å². The molecular weight excluding hydrogens is 373 g/mol. The van der Waals surface area contributed by atoms with E-state index in [0.717, 1.165) is 18.1 Å². The van der Waals surface area contributed by atoms with Crippen LogP contribution in [-0.2, 0) is 9.47 Å². The van der Waals surface area contributed by atoms with E-state index in [-0.39, 0.29) is 11.3 Å². The van der Waals surface area contributed by atoms with Crippen molar-refractivity contribution in [1.82, 2.24) is 0 Å². The third-order valence-electron chi connectivity index (χ3n) is 4.87. The van der Waals surface area contributed by atoms with E-state index in [4.69, 9.17) is 19.5 Å². The van der Waals surface area contributed by atoms with Gasteiger partial charge in [-0.15, -0.1) is 0 Å². The van der Waals surface area contributed by atoms with Gasteiger partial charge < -0.3 is 14.2 Å². The van der Waals surface area contributed by atoms with Crippen molar-refractivity contribution < 1.29 is 23.4 Å². The van der Waals surface area contributed by atoms with E-state index in [1.165, 1.54) is 31.4 Å². The van der Waals surface area contributed by atoms with Gasteiger partial charge in [0, 0.05) is 17.5 Å². The highest BCUT2D eigenvalue weighted by Gasteiger charge is 2.23. The quantitative estimate of drug-likeness (QED) is 0.367. The van der Waals surface area contributed by atoms with Crippen molar-refractivity contribution in [3.63, 3.8) is 0 Å². The Bertz CT molecular complexity index is 867. The molecule has 1 aliphatic rings. The summed E-state index contributed by atoms with van der Waals surface area (Å²) in [6, 6.07) is 12.2. The number of carbonyl (C=O) groups excluding carboxylic acids is 1. The van der Waals surface area contributed by atoms with Crippen LogP contribution in [0.5, 0.6) is 5.75 Å². The van der Waals surface area contributed by atoms with Crippen LogP contribution >= 0.6 is 0 Å². The van der Waals surface area contributed by atoms with Crippen molar-refractivity contribution in [2.45, 2.75) is 38.9 Å². The Hall–Kier alpha value is -2.75. The molecule has 0 radical (unpaired) electrons. The average molecular weight is 397 g/mol. The predicted molar refractivity (Wildman–Crippen MR) is 105 cm³/mol. The molecule has 0 atom stereocenters. The first kappa shape index (κ1) is 21.0. The Kier molecular flexibility index (Phi) is 7.34. The first-order chi connectivity index (χ1) is 14.1. The molecule has 0 amide bonds. The normalized spacial score (nSPS) is 18.8. The molecule has 6 heteroatoms. The van der Waals surface area contributed by atoms with Gasteiger partial charge in [-0.25, -0.2) is 9.18 Å². The van der Waals surface area contributed by atoms with E-state index >= 15 is 0 Å².